The molecule has 0 aliphatic carbocycles. The van der Waals surface area contributed by atoms with Crippen molar-refractivity contribution >= 4 is 5.78 Å². The summed E-state index contributed by atoms with van der Waals surface area (Å²) in [5.41, 5.74) is 1.06. The van der Waals surface area contributed by atoms with Gasteiger partial charge in [0.25, 0.3) is 0 Å². The molecule has 0 unspecified atom stereocenters. The number of carbonyl (C=O) groups is 1. The van der Waals surface area contributed by atoms with Crippen LogP contribution in [0.5, 0.6) is 0 Å². The number of rotatable bonds is 5. The van der Waals surface area contributed by atoms with Gasteiger partial charge in [0.1, 0.15) is 0 Å². The van der Waals surface area contributed by atoms with E-state index in [1.165, 1.54) is 25.7 Å². The van der Waals surface area contributed by atoms with Crippen molar-refractivity contribution < 1.29 is 4.79 Å². The molecule has 0 amide bonds. The molecule has 15 heavy (non-hydrogen) atoms. The monoisotopic (exact) mass is 210 g/mol. The summed E-state index contributed by atoms with van der Waals surface area (Å²) in [5, 5.41) is 0. The molecule has 0 spiro atoms. The Balaban J connectivity index is 0. The quantitative estimate of drug-likeness (QED) is 0.475. The van der Waals surface area contributed by atoms with Gasteiger partial charge >= 0.3 is 0 Å². The van der Waals surface area contributed by atoms with E-state index in [1.807, 2.05) is 13.8 Å². The molecular weight excluding hydrogens is 184 g/mol. The lowest BCUT2D eigenvalue weighted by Gasteiger charge is -1.83. The van der Waals surface area contributed by atoms with Gasteiger partial charge < -0.3 is 0 Å². The molecule has 0 rings (SSSR count). The van der Waals surface area contributed by atoms with Gasteiger partial charge in [0.15, 0.2) is 5.78 Å². The van der Waals surface area contributed by atoms with Gasteiger partial charge in [0.2, 0.25) is 0 Å². The third kappa shape index (κ3) is 24.6. The molecule has 0 fully saturated rings. The molecule has 0 aliphatic rings. The van der Waals surface area contributed by atoms with Crippen molar-refractivity contribution in [1.82, 2.24) is 0 Å². The maximum atomic E-state index is 10.2. The van der Waals surface area contributed by atoms with Crippen molar-refractivity contribution in [3.05, 3.63) is 23.8 Å². The second-order valence-electron chi connectivity index (χ2n) is 3.88. The number of hydrogen-bond acceptors (Lipinski definition) is 1. The highest BCUT2D eigenvalue weighted by atomic mass is 16.1. The van der Waals surface area contributed by atoms with Crippen molar-refractivity contribution in [3.63, 3.8) is 0 Å². The lowest BCUT2D eigenvalue weighted by Crippen LogP contribution is -1.80. The van der Waals surface area contributed by atoms with Gasteiger partial charge in [-0.05, 0) is 39.7 Å². The Morgan fingerprint density at radius 3 is 1.47 bits per heavy atom. The second-order valence-corrected chi connectivity index (χ2v) is 3.88. The normalized spacial score (nSPS) is 9.40. The zero-order valence-corrected chi connectivity index (χ0v) is 11.0. The highest BCUT2D eigenvalue weighted by Gasteiger charge is 1.80. The van der Waals surface area contributed by atoms with Crippen LogP contribution >= 0.6 is 0 Å². The fourth-order valence-electron chi connectivity index (χ4n) is 0.976. The molecule has 0 saturated carbocycles. The van der Waals surface area contributed by atoms with Crippen LogP contribution in [0.2, 0.25) is 0 Å². The summed E-state index contributed by atoms with van der Waals surface area (Å²) in [6, 6.07) is 0. The SMILES string of the molecule is CC(=O)C=C(C)C.CCCC=CCCC. The average molecular weight is 210 g/mol. The molecule has 0 heterocycles. The maximum Gasteiger partial charge on any atom is 0.152 e. The summed E-state index contributed by atoms with van der Waals surface area (Å²) in [7, 11) is 0. The predicted octanol–water partition coefficient (Wildman–Crippen LogP) is 4.68. The highest BCUT2D eigenvalue weighted by Crippen LogP contribution is 1.92. The first kappa shape index (κ1) is 16.6. The summed E-state index contributed by atoms with van der Waals surface area (Å²) in [4.78, 5) is 10.2. The minimum atomic E-state index is 0.125. The predicted molar refractivity (Wildman–Crippen MR) is 69.1 cm³/mol. The van der Waals surface area contributed by atoms with E-state index in [-0.39, 0.29) is 5.78 Å². The summed E-state index contributed by atoms with van der Waals surface area (Å²) in [6.07, 6.45) is 11.2. The summed E-state index contributed by atoms with van der Waals surface area (Å²) >= 11 is 0. The maximum absolute atomic E-state index is 10.2. The van der Waals surface area contributed by atoms with Crippen LogP contribution in [0.3, 0.4) is 0 Å². The average Bonchev–Trinajstić information content (AvgIpc) is 2.11. The van der Waals surface area contributed by atoms with Crippen LogP contribution < -0.4 is 0 Å². The molecule has 1 heteroatoms. The van der Waals surface area contributed by atoms with Crippen molar-refractivity contribution in [3.8, 4) is 0 Å². The third-order valence-electron chi connectivity index (χ3n) is 1.57. The van der Waals surface area contributed by atoms with E-state index >= 15 is 0 Å². The van der Waals surface area contributed by atoms with Gasteiger partial charge in [-0.1, -0.05) is 44.4 Å². The molecule has 0 aromatic heterocycles. The van der Waals surface area contributed by atoms with E-state index in [0.29, 0.717) is 0 Å². The number of unbranched alkanes of at least 4 members (excludes halogenated alkanes) is 2. The van der Waals surface area contributed by atoms with E-state index < -0.39 is 0 Å². The standard InChI is InChI=1S/C8H16.C6H10O/c1-3-5-7-8-6-4-2;1-5(2)4-6(3)7/h7-8H,3-6H2,1-2H3;4H,1-3H3. The zero-order valence-electron chi connectivity index (χ0n) is 11.0. The van der Waals surface area contributed by atoms with Gasteiger partial charge in [-0.15, -0.1) is 0 Å². The van der Waals surface area contributed by atoms with Gasteiger partial charge in [0.05, 0.1) is 0 Å². The molecule has 0 saturated heterocycles. The number of hydrogen-bond donors (Lipinski definition) is 0. The van der Waals surface area contributed by atoms with Gasteiger partial charge in [-0.25, -0.2) is 0 Å². The van der Waals surface area contributed by atoms with Crippen LogP contribution in [0.1, 0.15) is 60.3 Å². The summed E-state index contributed by atoms with van der Waals surface area (Å²) in [6.45, 7) is 9.77. The minimum absolute atomic E-state index is 0.125. The second kappa shape index (κ2) is 13.2. The fraction of sp³-hybridized carbons (Fsp3) is 0.643. The molecular formula is C14H26O. The third-order valence-corrected chi connectivity index (χ3v) is 1.57. The fourth-order valence-corrected chi connectivity index (χ4v) is 0.976. The zero-order chi connectivity index (χ0) is 12.1. The topological polar surface area (TPSA) is 17.1 Å². The van der Waals surface area contributed by atoms with Crippen molar-refractivity contribution in [1.29, 1.82) is 0 Å². The molecule has 0 bridgehead atoms. The van der Waals surface area contributed by atoms with Crippen molar-refractivity contribution in [2.24, 2.45) is 0 Å². The van der Waals surface area contributed by atoms with Crippen LogP contribution in [0.25, 0.3) is 0 Å². The summed E-state index contributed by atoms with van der Waals surface area (Å²) < 4.78 is 0. The van der Waals surface area contributed by atoms with E-state index in [1.54, 1.807) is 13.0 Å². The lowest BCUT2D eigenvalue weighted by atomic mass is 10.2. The van der Waals surface area contributed by atoms with Crippen molar-refractivity contribution in [2.45, 2.75) is 60.3 Å². The Morgan fingerprint density at radius 1 is 0.933 bits per heavy atom. The van der Waals surface area contributed by atoms with E-state index in [9.17, 15) is 4.79 Å². The Labute approximate surface area is 95.3 Å². The van der Waals surface area contributed by atoms with Crippen LogP contribution in [0.15, 0.2) is 23.8 Å². The minimum Gasteiger partial charge on any atom is -0.295 e. The molecule has 0 aliphatic heterocycles. The first-order valence-electron chi connectivity index (χ1n) is 5.85. The molecule has 0 atom stereocenters. The van der Waals surface area contributed by atoms with Gasteiger partial charge in [-0.3, -0.25) is 4.79 Å². The Bertz CT molecular complexity index is 187. The number of ketones is 1. The van der Waals surface area contributed by atoms with Crippen LogP contribution in [0.4, 0.5) is 0 Å². The van der Waals surface area contributed by atoms with Crippen LogP contribution in [-0.4, -0.2) is 5.78 Å². The number of allylic oxidation sites excluding steroid dienone is 4. The Kier molecular flexibility index (Phi) is 14.5. The molecule has 0 aromatic carbocycles. The van der Waals surface area contributed by atoms with Gasteiger partial charge in [-0.2, -0.15) is 0 Å². The van der Waals surface area contributed by atoms with Crippen LogP contribution in [0, 0.1) is 0 Å². The summed E-state index contributed by atoms with van der Waals surface area (Å²) in [5.74, 6) is 0.125. The molecule has 1 nitrogen and oxygen atoms in total. The van der Waals surface area contributed by atoms with Crippen molar-refractivity contribution in [2.75, 3.05) is 0 Å². The molecule has 0 aromatic rings. The highest BCUT2D eigenvalue weighted by molar-refractivity contribution is 5.87. The van der Waals surface area contributed by atoms with E-state index in [4.69, 9.17) is 0 Å². The molecule has 0 N–H and O–H groups in total. The molecule has 88 valence electrons. The molecule has 0 radical (unpaired) electrons. The van der Waals surface area contributed by atoms with E-state index in [0.717, 1.165) is 5.57 Å². The van der Waals surface area contributed by atoms with Gasteiger partial charge in [0, 0.05) is 0 Å². The number of carbonyl (C=O) groups excluding carboxylic acids is 1. The smallest absolute Gasteiger partial charge is 0.152 e. The lowest BCUT2D eigenvalue weighted by molar-refractivity contribution is -0.112. The van der Waals surface area contributed by atoms with Crippen LogP contribution in [-0.2, 0) is 4.79 Å². The Morgan fingerprint density at radius 2 is 1.33 bits per heavy atom. The van der Waals surface area contributed by atoms with E-state index in [2.05, 4.69) is 26.0 Å². The first-order chi connectivity index (χ1) is 7.04. The first-order valence-corrected chi connectivity index (χ1v) is 5.85. The largest absolute Gasteiger partial charge is 0.295 e. The Hall–Kier alpha value is -0.850.